The van der Waals surface area contributed by atoms with Gasteiger partial charge in [-0.25, -0.2) is 4.39 Å². The molecule has 0 atom stereocenters. The molecule has 0 aromatic carbocycles. The van der Waals surface area contributed by atoms with Crippen LogP contribution in [0.2, 0.25) is 0 Å². The van der Waals surface area contributed by atoms with Gasteiger partial charge in [0.25, 0.3) is 0 Å². The lowest BCUT2D eigenvalue weighted by Crippen LogP contribution is -1.83. The SMILES string of the molecule is CC(=O)c1cc(F)c(Br)s1. The largest absolute Gasteiger partial charge is 0.294 e. The van der Waals surface area contributed by atoms with Crippen LogP contribution in [0.25, 0.3) is 0 Å². The van der Waals surface area contributed by atoms with E-state index in [2.05, 4.69) is 15.9 Å². The molecule has 0 N–H and O–H groups in total. The van der Waals surface area contributed by atoms with Crippen molar-refractivity contribution in [3.05, 3.63) is 20.5 Å². The molecule has 1 rings (SSSR count). The fourth-order valence-electron chi connectivity index (χ4n) is 0.520. The van der Waals surface area contributed by atoms with Crippen molar-refractivity contribution in [2.24, 2.45) is 0 Å². The summed E-state index contributed by atoms with van der Waals surface area (Å²) < 4.78 is 12.9. The van der Waals surface area contributed by atoms with Crippen molar-refractivity contribution in [2.75, 3.05) is 0 Å². The molecule has 0 aliphatic carbocycles. The van der Waals surface area contributed by atoms with E-state index >= 15 is 0 Å². The van der Waals surface area contributed by atoms with Gasteiger partial charge in [0.05, 0.1) is 4.88 Å². The average molecular weight is 223 g/mol. The second-order valence-electron chi connectivity index (χ2n) is 1.79. The van der Waals surface area contributed by atoms with Crippen molar-refractivity contribution in [1.29, 1.82) is 0 Å². The highest BCUT2D eigenvalue weighted by Crippen LogP contribution is 2.26. The maximum absolute atomic E-state index is 12.5. The quantitative estimate of drug-likeness (QED) is 0.669. The van der Waals surface area contributed by atoms with Crippen molar-refractivity contribution >= 4 is 33.0 Å². The average Bonchev–Trinajstić information content (AvgIpc) is 2.13. The summed E-state index contributed by atoms with van der Waals surface area (Å²) in [7, 11) is 0. The van der Waals surface area contributed by atoms with E-state index in [0.29, 0.717) is 8.66 Å². The van der Waals surface area contributed by atoms with Crippen molar-refractivity contribution in [2.45, 2.75) is 6.92 Å². The van der Waals surface area contributed by atoms with Crippen LogP contribution in [0.15, 0.2) is 9.85 Å². The molecule has 0 radical (unpaired) electrons. The van der Waals surface area contributed by atoms with Gasteiger partial charge in [-0.05, 0) is 28.9 Å². The van der Waals surface area contributed by atoms with Crippen LogP contribution in [0.1, 0.15) is 16.6 Å². The fraction of sp³-hybridized carbons (Fsp3) is 0.167. The number of thiophene rings is 1. The summed E-state index contributed by atoms with van der Waals surface area (Å²) in [5.74, 6) is -0.468. The zero-order chi connectivity index (χ0) is 7.72. The third-order valence-electron chi connectivity index (χ3n) is 0.992. The number of hydrogen-bond donors (Lipinski definition) is 0. The number of carbonyl (C=O) groups excluding carboxylic acids is 1. The Balaban J connectivity index is 3.10. The van der Waals surface area contributed by atoms with E-state index in [-0.39, 0.29) is 11.6 Å². The van der Waals surface area contributed by atoms with Gasteiger partial charge in [-0.2, -0.15) is 0 Å². The van der Waals surface area contributed by atoms with Crippen LogP contribution < -0.4 is 0 Å². The minimum atomic E-state index is -0.366. The van der Waals surface area contributed by atoms with Crippen molar-refractivity contribution in [1.82, 2.24) is 0 Å². The first-order valence-electron chi connectivity index (χ1n) is 2.57. The molecule has 4 heteroatoms. The Morgan fingerprint density at radius 3 is 2.60 bits per heavy atom. The Hall–Kier alpha value is -0.220. The first-order chi connectivity index (χ1) is 4.61. The van der Waals surface area contributed by atoms with E-state index in [1.54, 1.807) is 0 Å². The van der Waals surface area contributed by atoms with Gasteiger partial charge in [-0.1, -0.05) is 0 Å². The topological polar surface area (TPSA) is 17.1 Å². The highest BCUT2D eigenvalue weighted by atomic mass is 79.9. The van der Waals surface area contributed by atoms with Gasteiger partial charge < -0.3 is 0 Å². The number of carbonyl (C=O) groups is 1. The van der Waals surface area contributed by atoms with Crippen LogP contribution in [-0.4, -0.2) is 5.78 Å². The molecule has 0 bridgehead atoms. The Morgan fingerprint density at radius 1 is 1.80 bits per heavy atom. The second-order valence-corrected chi connectivity index (χ2v) is 4.16. The highest BCUT2D eigenvalue weighted by molar-refractivity contribution is 9.11. The predicted octanol–water partition coefficient (Wildman–Crippen LogP) is 2.85. The van der Waals surface area contributed by atoms with Crippen molar-refractivity contribution < 1.29 is 9.18 Å². The van der Waals surface area contributed by atoms with Crippen LogP contribution in [0.4, 0.5) is 4.39 Å². The summed E-state index contributed by atoms with van der Waals surface area (Å²) in [5.41, 5.74) is 0. The molecule has 0 spiro atoms. The first kappa shape index (κ1) is 7.88. The van der Waals surface area contributed by atoms with E-state index in [9.17, 15) is 9.18 Å². The van der Waals surface area contributed by atoms with Crippen LogP contribution in [0.3, 0.4) is 0 Å². The first-order valence-corrected chi connectivity index (χ1v) is 4.18. The molecule has 1 aromatic heterocycles. The fourth-order valence-corrected chi connectivity index (χ4v) is 1.81. The van der Waals surface area contributed by atoms with Crippen LogP contribution in [0, 0.1) is 5.82 Å². The molecule has 0 fully saturated rings. The Bertz CT molecular complexity index is 249. The van der Waals surface area contributed by atoms with E-state index in [1.807, 2.05) is 0 Å². The smallest absolute Gasteiger partial charge is 0.169 e. The molecular weight excluding hydrogens is 219 g/mol. The lowest BCUT2D eigenvalue weighted by Gasteiger charge is -1.80. The molecule has 0 saturated carbocycles. The molecule has 0 unspecified atom stereocenters. The maximum Gasteiger partial charge on any atom is 0.169 e. The van der Waals surface area contributed by atoms with Gasteiger partial charge >= 0.3 is 0 Å². The number of halogens is 2. The zero-order valence-electron chi connectivity index (χ0n) is 5.15. The molecular formula is C6H4BrFOS. The summed E-state index contributed by atoms with van der Waals surface area (Å²) in [6, 6.07) is 1.23. The summed E-state index contributed by atoms with van der Waals surface area (Å²) in [6.45, 7) is 1.41. The normalized spacial score (nSPS) is 9.90. The molecule has 0 saturated heterocycles. The number of Topliss-reactive ketones (excluding diaryl/α,β-unsaturated/α-hetero) is 1. The number of hydrogen-bond acceptors (Lipinski definition) is 2. The van der Waals surface area contributed by atoms with Crippen molar-refractivity contribution in [3.63, 3.8) is 0 Å². The van der Waals surface area contributed by atoms with E-state index < -0.39 is 0 Å². The van der Waals surface area contributed by atoms with Crippen LogP contribution in [0.5, 0.6) is 0 Å². The summed E-state index contributed by atoms with van der Waals surface area (Å²) >= 11 is 4.09. The van der Waals surface area contributed by atoms with Gasteiger partial charge in [0, 0.05) is 0 Å². The summed E-state index contributed by atoms with van der Waals surface area (Å²) in [6.07, 6.45) is 0. The van der Waals surface area contributed by atoms with Gasteiger partial charge in [0.2, 0.25) is 0 Å². The van der Waals surface area contributed by atoms with Gasteiger partial charge in [-0.3, -0.25) is 4.79 Å². The Labute approximate surface area is 70.0 Å². The predicted molar refractivity (Wildman–Crippen MR) is 42.0 cm³/mol. The highest BCUT2D eigenvalue weighted by Gasteiger charge is 2.08. The molecule has 10 heavy (non-hydrogen) atoms. The van der Waals surface area contributed by atoms with E-state index in [1.165, 1.54) is 13.0 Å². The third-order valence-corrected chi connectivity index (χ3v) is 2.86. The summed E-state index contributed by atoms with van der Waals surface area (Å²) in [4.78, 5) is 11.1. The van der Waals surface area contributed by atoms with Crippen molar-refractivity contribution in [3.8, 4) is 0 Å². The van der Waals surface area contributed by atoms with Gasteiger partial charge in [0.1, 0.15) is 9.60 Å². The minimum Gasteiger partial charge on any atom is -0.294 e. The van der Waals surface area contributed by atoms with Gasteiger partial charge in [-0.15, -0.1) is 11.3 Å². The lowest BCUT2D eigenvalue weighted by atomic mass is 10.3. The number of rotatable bonds is 1. The van der Waals surface area contributed by atoms with Gasteiger partial charge in [0.15, 0.2) is 5.78 Å². The molecule has 0 amide bonds. The monoisotopic (exact) mass is 222 g/mol. The maximum atomic E-state index is 12.5. The third kappa shape index (κ3) is 1.44. The minimum absolute atomic E-state index is 0.102. The second kappa shape index (κ2) is 2.80. The zero-order valence-corrected chi connectivity index (χ0v) is 7.55. The lowest BCUT2D eigenvalue weighted by molar-refractivity contribution is 0.102. The molecule has 1 nitrogen and oxygen atoms in total. The number of ketones is 1. The molecule has 54 valence electrons. The molecule has 0 aliphatic rings. The standard InChI is InChI=1S/C6H4BrFOS/c1-3(9)5-2-4(8)6(7)10-5/h2H,1H3. The van der Waals surface area contributed by atoms with Crippen LogP contribution >= 0.6 is 27.3 Å². The molecule has 0 aliphatic heterocycles. The van der Waals surface area contributed by atoms with Crippen LogP contribution in [-0.2, 0) is 0 Å². The molecule has 1 heterocycles. The van der Waals surface area contributed by atoms with E-state index in [4.69, 9.17) is 0 Å². The Kier molecular flexibility index (Phi) is 2.21. The van der Waals surface area contributed by atoms with E-state index in [0.717, 1.165) is 11.3 Å². The Morgan fingerprint density at radius 2 is 2.40 bits per heavy atom. The molecule has 1 aromatic rings. The summed E-state index contributed by atoms with van der Waals surface area (Å²) in [5, 5.41) is 0.